The highest BCUT2D eigenvalue weighted by Crippen LogP contribution is 2.20. The Bertz CT molecular complexity index is 326. The predicted molar refractivity (Wildman–Crippen MR) is 50.9 cm³/mol. The smallest absolute Gasteiger partial charge is 0.128 e. The minimum atomic E-state index is -0.905. The fourth-order valence-corrected chi connectivity index (χ4v) is 1.14. The van der Waals surface area contributed by atoms with Gasteiger partial charge in [0.25, 0.3) is 0 Å². The van der Waals surface area contributed by atoms with E-state index < -0.39 is 11.4 Å². The van der Waals surface area contributed by atoms with Crippen LogP contribution in [-0.4, -0.2) is 16.8 Å². The highest BCUT2D eigenvalue weighted by molar-refractivity contribution is 5.29. The second-order valence-electron chi connectivity index (χ2n) is 3.54. The molecule has 4 heteroatoms. The van der Waals surface area contributed by atoms with Crippen molar-refractivity contribution in [3.05, 3.63) is 35.1 Å². The van der Waals surface area contributed by atoms with Gasteiger partial charge in [-0.05, 0) is 24.6 Å². The van der Waals surface area contributed by atoms with Crippen molar-refractivity contribution in [3.63, 3.8) is 0 Å². The molecule has 4 N–H and O–H groups in total. The third-order valence-electron chi connectivity index (χ3n) is 2.20. The van der Waals surface area contributed by atoms with Crippen molar-refractivity contribution in [3.8, 4) is 0 Å². The van der Waals surface area contributed by atoms with Crippen molar-refractivity contribution in [1.82, 2.24) is 0 Å². The molecule has 1 aromatic rings. The van der Waals surface area contributed by atoms with Crippen molar-refractivity contribution in [2.45, 2.75) is 19.1 Å². The van der Waals surface area contributed by atoms with Crippen molar-refractivity contribution in [1.29, 1.82) is 0 Å². The lowest BCUT2D eigenvalue weighted by molar-refractivity contribution is 0.209. The van der Waals surface area contributed by atoms with Crippen LogP contribution in [0.5, 0.6) is 0 Å². The largest absolute Gasteiger partial charge is 0.394 e. The van der Waals surface area contributed by atoms with Crippen LogP contribution in [0, 0.1) is 5.82 Å². The van der Waals surface area contributed by atoms with E-state index in [2.05, 4.69) is 0 Å². The summed E-state index contributed by atoms with van der Waals surface area (Å²) >= 11 is 0. The molecule has 0 fully saturated rings. The summed E-state index contributed by atoms with van der Waals surface area (Å²) in [5.74, 6) is -0.468. The van der Waals surface area contributed by atoms with Crippen molar-refractivity contribution < 1.29 is 14.6 Å². The van der Waals surface area contributed by atoms with Gasteiger partial charge < -0.3 is 15.9 Å². The Labute approximate surface area is 82.0 Å². The van der Waals surface area contributed by atoms with E-state index in [4.69, 9.17) is 15.9 Å². The van der Waals surface area contributed by atoms with Crippen LogP contribution < -0.4 is 5.73 Å². The lowest BCUT2D eigenvalue weighted by Gasteiger charge is -2.22. The second-order valence-corrected chi connectivity index (χ2v) is 3.54. The average Bonchev–Trinajstić information content (AvgIpc) is 2.18. The molecule has 1 aromatic carbocycles. The van der Waals surface area contributed by atoms with E-state index in [-0.39, 0.29) is 18.8 Å². The number of benzene rings is 1. The molecule has 78 valence electrons. The topological polar surface area (TPSA) is 66.5 Å². The molecule has 0 aliphatic carbocycles. The molecule has 14 heavy (non-hydrogen) atoms. The van der Waals surface area contributed by atoms with Gasteiger partial charge in [0.1, 0.15) is 5.82 Å². The molecule has 0 aliphatic rings. The Hall–Kier alpha value is -0.970. The summed E-state index contributed by atoms with van der Waals surface area (Å²) in [5.41, 5.74) is 5.64. The summed E-state index contributed by atoms with van der Waals surface area (Å²) in [5, 5.41) is 17.8. The molecule has 0 radical (unpaired) electrons. The first-order chi connectivity index (χ1) is 6.51. The molecule has 0 bridgehead atoms. The van der Waals surface area contributed by atoms with Crippen molar-refractivity contribution in [2.24, 2.45) is 5.73 Å². The van der Waals surface area contributed by atoms with E-state index in [9.17, 15) is 4.39 Å². The maximum atomic E-state index is 13.0. The van der Waals surface area contributed by atoms with Gasteiger partial charge in [0.05, 0.1) is 18.8 Å². The molecule has 0 heterocycles. The standard InChI is InChI=1S/C10H14FNO2/c1-10(12,6-14)8-2-3-9(11)7(4-8)5-13/h2-4,13-14H,5-6,12H2,1H3. The van der Waals surface area contributed by atoms with Gasteiger partial charge in [-0.1, -0.05) is 6.07 Å². The zero-order chi connectivity index (χ0) is 10.8. The number of halogens is 1. The minimum Gasteiger partial charge on any atom is -0.394 e. The normalized spacial score (nSPS) is 15.2. The molecule has 0 saturated carbocycles. The highest BCUT2D eigenvalue weighted by atomic mass is 19.1. The number of rotatable bonds is 3. The molecule has 1 atom stereocenters. The fraction of sp³-hybridized carbons (Fsp3) is 0.400. The summed E-state index contributed by atoms with van der Waals surface area (Å²) in [4.78, 5) is 0. The van der Waals surface area contributed by atoms with Crippen LogP contribution in [-0.2, 0) is 12.1 Å². The highest BCUT2D eigenvalue weighted by Gasteiger charge is 2.20. The van der Waals surface area contributed by atoms with E-state index in [0.29, 0.717) is 5.56 Å². The first-order valence-corrected chi connectivity index (χ1v) is 4.31. The molecule has 3 nitrogen and oxygen atoms in total. The maximum Gasteiger partial charge on any atom is 0.128 e. The molecule has 0 saturated heterocycles. The van der Waals surface area contributed by atoms with Gasteiger partial charge >= 0.3 is 0 Å². The molecular weight excluding hydrogens is 185 g/mol. The second kappa shape index (κ2) is 4.04. The Balaban J connectivity index is 3.12. The lowest BCUT2D eigenvalue weighted by atomic mass is 9.93. The van der Waals surface area contributed by atoms with E-state index in [1.165, 1.54) is 18.2 Å². The van der Waals surface area contributed by atoms with Crippen LogP contribution in [0.2, 0.25) is 0 Å². The van der Waals surface area contributed by atoms with Gasteiger partial charge in [-0.15, -0.1) is 0 Å². The lowest BCUT2D eigenvalue weighted by Crippen LogP contribution is -2.37. The predicted octanol–water partition coefficient (Wildman–Crippen LogP) is 0.484. The van der Waals surface area contributed by atoms with E-state index in [1.54, 1.807) is 6.92 Å². The van der Waals surface area contributed by atoms with Gasteiger partial charge in [-0.2, -0.15) is 0 Å². The first-order valence-electron chi connectivity index (χ1n) is 4.31. The molecule has 0 aromatic heterocycles. The third kappa shape index (κ3) is 2.09. The van der Waals surface area contributed by atoms with E-state index >= 15 is 0 Å². The summed E-state index contributed by atoms with van der Waals surface area (Å²) < 4.78 is 13.0. The maximum absolute atomic E-state index is 13.0. The van der Waals surface area contributed by atoms with E-state index in [1.807, 2.05) is 0 Å². The molecule has 0 amide bonds. The molecule has 1 rings (SSSR count). The molecule has 0 aliphatic heterocycles. The summed E-state index contributed by atoms with van der Waals surface area (Å²) in [6.45, 7) is 1.03. The number of hydrogen-bond acceptors (Lipinski definition) is 3. The Morgan fingerprint density at radius 3 is 2.57 bits per heavy atom. The van der Waals surface area contributed by atoms with Crippen LogP contribution in [0.1, 0.15) is 18.1 Å². The minimum absolute atomic E-state index is 0.188. The Morgan fingerprint density at radius 2 is 2.07 bits per heavy atom. The summed E-state index contributed by atoms with van der Waals surface area (Å²) in [6, 6.07) is 4.21. The SMILES string of the molecule is CC(N)(CO)c1ccc(F)c(CO)c1. The van der Waals surface area contributed by atoms with Gasteiger partial charge in [-0.3, -0.25) is 0 Å². The number of hydrogen-bond donors (Lipinski definition) is 3. The van der Waals surface area contributed by atoms with Crippen LogP contribution in [0.25, 0.3) is 0 Å². The zero-order valence-corrected chi connectivity index (χ0v) is 8.00. The summed E-state index contributed by atoms with van der Waals surface area (Å²) in [6.07, 6.45) is 0. The zero-order valence-electron chi connectivity index (χ0n) is 8.00. The van der Waals surface area contributed by atoms with Gasteiger partial charge in [0.2, 0.25) is 0 Å². The molecular formula is C10H14FNO2. The van der Waals surface area contributed by atoms with Crippen molar-refractivity contribution >= 4 is 0 Å². The van der Waals surface area contributed by atoms with Gasteiger partial charge in [0.15, 0.2) is 0 Å². The third-order valence-corrected chi connectivity index (χ3v) is 2.20. The quantitative estimate of drug-likeness (QED) is 0.663. The molecule has 0 spiro atoms. The summed E-state index contributed by atoms with van der Waals surface area (Å²) in [7, 11) is 0. The van der Waals surface area contributed by atoms with Crippen LogP contribution in [0.4, 0.5) is 4.39 Å². The van der Waals surface area contributed by atoms with Crippen LogP contribution in [0.3, 0.4) is 0 Å². The number of aliphatic hydroxyl groups is 2. The molecule has 1 unspecified atom stereocenters. The Kier molecular flexibility index (Phi) is 3.21. The first kappa shape index (κ1) is 11.1. The van der Waals surface area contributed by atoms with Crippen LogP contribution >= 0.6 is 0 Å². The van der Waals surface area contributed by atoms with Crippen molar-refractivity contribution in [2.75, 3.05) is 6.61 Å². The fourth-order valence-electron chi connectivity index (χ4n) is 1.14. The van der Waals surface area contributed by atoms with Gasteiger partial charge in [-0.25, -0.2) is 4.39 Å². The number of nitrogens with two attached hydrogens (primary N) is 1. The average molecular weight is 199 g/mol. The van der Waals surface area contributed by atoms with Gasteiger partial charge in [0, 0.05) is 5.56 Å². The number of aliphatic hydroxyl groups excluding tert-OH is 2. The van der Waals surface area contributed by atoms with E-state index in [0.717, 1.165) is 0 Å². The monoisotopic (exact) mass is 199 g/mol. The Morgan fingerprint density at radius 1 is 1.43 bits per heavy atom. The van der Waals surface area contributed by atoms with Crippen LogP contribution in [0.15, 0.2) is 18.2 Å².